The highest BCUT2D eigenvalue weighted by molar-refractivity contribution is 7.84. The third kappa shape index (κ3) is 4.43. The predicted molar refractivity (Wildman–Crippen MR) is 112 cm³/mol. The molecule has 1 saturated carbocycles. The van der Waals surface area contributed by atoms with E-state index in [1.165, 1.54) is 6.33 Å². The topological polar surface area (TPSA) is 145 Å². The summed E-state index contributed by atoms with van der Waals surface area (Å²) in [5, 5.41) is 18.4. The molecule has 2 heterocycles. The summed E-state index contributed by atoms with van der Waals surface area (Å²) in [5.74, 6) is 1.28. The number of aryl methyl sites for hydroxylation is 1. The van der Waals surface area contributed by atoms with Crippen molar-refractivity contribution in [3.8, 4) is 11.4 Å². The second kappa shape index (κ2) is 8.26. The lowest BCUT2D eigenvalue weighted by Crippen LogP contribution is -2.24. The normalized spacial score (nSPS) is 21.9. The predicted octanol–water partition coefficient (Wildman–Crippen LogP) is 1.05. The van der Waals surface area contributed by atoms with Crippen molar-refractivity contribution < 1.29 is 17.7 Å². The molecule has 0 radical (unpaired) electrons. The summed E-state index contributed by atoms with van der Waals surface area (Å²) in [5.41, 5.74) is 2.38. The van der Waals surface area contributed by atoms with Gasteiger partial charge in [-0.15, -0.1) is 0 Å². The fourth-order valence-corrected chi connectivity index (χ4v) is 4.32. The molecule has 0 bridgehead atoms. The van der Waals surface area contributed by atoms with Crippen LogP contribution in [0.1, 0.15) is 12.8 Å². The summed E-state index contributed by atoms with van der Waals surface area (Å²) in [6.07, 6.45) is 2.02. The van der Waals surface area contributed by atoms with Gasteiger partial charge in [0.25, 0.3) is 0 Å². The third-order valence-electron chi connectivity index (χ3n) is 5.45. The van der Waals surface area contributed by atoms with Gasteiger partial charge in [-0.2, -0.15) is 8.42 Å². The Morgan fingerprint density at radius 1 is 1.27 bits per heavy atom. The second-order valence-corrected chi connectivity index (χ2v) is 8.80. The van der Waals surface area contributed by atoms with E-state index >= 15 is 0 Å². The Hall–Kier alpha value is -2.60. The lowest BCUT2D eigenvalue weighted by Gasteiger charge is -2.13. The fraction of sp³-hybridized carbons (Fsp3) is 0.421. The van der Waals surface area contributed by atoms with Crippen LogP contribution in [0, 0.1) is 11.8 Å². The molecule has 4 N–H and O–H groups in total. The van der Waals surface area contributed by atoms with E-state index in [1.54, 1.807) is 0 Å². The standard InChI is InChI=1S/C19H24N6O4S/c1-25-18(13-5-3-2-4-6-13)24-16-17(22-11-23-19(16)25)21-9-12-7-14(15(26)8-12)10-29-30(20,27)28/h2-6,11-12,14-15,26H,7-10H2,1H3,(H2,20,27,28)(H,21,22,23)/t12-,14+,15+/m1/s1. The monoisotopic (exact) mass is 432 g/mol. The van der Waals surface area contributed by atoms with Gasteiger partial charge in [0.15, 0.2) is 17.0 Å². The van der Waals surface area contributed by atoms with E-state index in [1.807, 2.05) is 41.9 Å². The number of hydrogen-bond acceptors (Lipinski definition) is 8. The maximum atomic E-state index is 11.0. The van der Waals surface area contributed by atoms with E-state index in [9.17, 15) is 13.5 Å². The van der Waals surface area contributed by atoms with Crippen molar-refractivity contribution in [3.63, 3.8) is 0 Å². The van der Waals surface area contributed by atoms with Crippen LogP contribution in [-0.2, 0) is 21.5 Å². The van der Waals surface area contributed by atoms with Crippen LogP contribution in [0.25, 0.3) is 22.6 Å². The minimum absolute atomic E-state index is 0.116. The molecular weight excluding hydrogens is 408 g/mol. The highest BCUT2D eigenvalue weighted by Gasteiger charge is 2.34. The maximum absolute atomic E-state index is 11.0. The van der Waals surface area contributed by atoms with E-state index in [2.05, 4.69) is 19.5 Å². The van der Waals surface area contributed by atoms with Crippen molar-refractivity contribution in [1.82, 2.24) is 19.5 Å². The van der Waals surface area contributed by atoms with Crippen molar-refractivity contribution in [2.45, 2.75) is 18.9 Å². The number of anilines is 1. The van der Waals surface area contributed by atoms with Gasteiger partial charge in [-0.1, -0.05) is 30.3 Å². The first-order valence-electron chi connectivity index (χ1n) is 9.63. The lowest BCUT2D eigenvalue weighted by molar-refractivity contribution is 0.100. The Morgan fingerprint density at radius 2 is 2.03 bits per heavy atom. The van der Waals surface area contributed by atoms with E-state index in [0.717, 1.165) is 17.0 Å². The highest BCUT2D eigenvalue weighted by Crippen LogP contribution is 2.32. The van der Waals surface area contributed by atoms with Crippen LogP contribution in [0.3, 0.4) is 0 Å². The Morgan fingerprint density at radius 3 is 2.77 bits per heavy atom. The van der Waals surface area contributed by atoms with Crippen molar-refractivity contribution in [3.05, 3.63) is 36.7 Å². The minimum atomic E-state index is -4.01. The Balaban J connectivity index is 1.47. The van der Waals surface area contributed by atoms with Gasteiger partial charge in [0, 0.05) is 25.1 Å². The Labute approximate surface area is 174 Å². The molecule has 0 amide bonds. The van der Waals surface area contributed by atoms with Gasteiger partial charge in [-0.3, -0.25) is 4.18 Å². The van der Waals surface area contributed by atoms with Gasteiger partial charge >= 0.3 is 10.3 Å². The molecule has 1 fully saturated rings. The molecule has 3 atom stereocenters. The molecule has 10 nitrogen and oxygen atoms in total. The molecule has 2 aromatic heterocycles. The average molecular weight is 433 g/mol. The summed E-state index contributed by atoms with van der Waals surface area (Å²) in [6.45, 7) is 0.446. The maximum Gasteiger partial charge on any atom is 0.333 e. The van der Waals surface area contributed by atoms with E-state index in [4.69, 9.17) is 10.1 Å². The van der Waals surface area contributed by atoms with Gasteiger partial charge in [-0.05, 0) is 18.8 Å². The molecule has 11 heteroatoms. The van der Waals surface area contributed by atoms with Crippen LogP contribution in [0.4, 0.5) is 5.82 Å². The molecule has 0 unspecified atom stereocenters. The first-order chi connectivity index (χ1) is 14.3. The molecule has 160 valence electrons. The smallest absolute Gasteiger partial charge is 0.333 e. The van der Waals surface area contributed by atoms with Crippen LogP contribution < -0.4 is 10.5 Å². The van der Waals surface area contributed by atoms with Gasteiger partial charge in [0.2, 0.25) is 0 Å². The molecule has 1 aliphatic carbocycles. The zero-order chi connectivity index (χ0) is 21.3. The van der Waals surface area contributed by atoms with Gasteiger partial charge in [0.1, 0.15) is 12.2 Å². The van der Waals surface area contributed by atoms with Gasteiger partial charge < -0.3 is 15.0 Å². The molecule has 4 rings (SSSR count). The summed E-state index contributed by atoms with van der Waals surface area (Å²) in [4.78, 5) is 13.4. The first-order valence-corrected chi connectivity index (χ1v) is 11.1. The fourth-order valence-electron chi connectivity index (χ4n) is 3.96. The number of imidazole rings is 1. The van der Waals surface area contributed by atoms with Crippen LogP contribution in [0.15, 0.2) is 36.7 Å². The molecule has 30 heavy (non-hydrogen) atoms. The minimum Gasteiger partial charge on any atom is -0.393 e. The highest BCUT2D eigenvalue weighted by atomic mass is 32.2. The van der Waals surface area contributed by atoms with Crippen LogP contribution >= 0.6 is 0 Å². The zero-order valence-electron chi connectivity index (χ0n) is 16.5. The molecule has 3 aromatic rings. The van der Waals surface area contributed by atoms with Crippen LogP contribution in [0.5, 0.6) is 0 Å². The zero-order valence-corrected chi connectivity index (χ0v) is 17.3. The number of fused-ring (bicyclic) bond motifs is 1. The van der Waals surface area contributed by atoms with Crippen molar-refractivity contribution in [1.29, 1.82) is 0 Å². The van der Waals surface area contributed by atoms with Crippen LogP contribution in [0.2, 0.25) is 0 Å². The second-order valence-electron chi connectivity index (χ2n) is 7.58. The van der Waals surface area contributed by atoms with Crippen molar-refractivity contribution in [2.24, 2.45) is 24.0 Å². The number of aliphatic hydroxyl groups is 1. The van der Waals surface area contributed by atoms with Crippen molar-refractivity contribution in [2.75, 3.05) is 18.5 Å². The average Bonchev–Trinajstić information content (AvgIpc) is 3.25. The van der Waals surface area contributed by atoms with Gasteiger partial charge in [0.05, 0.1) is 12.7 Å². The van der Waals surface area contributed by atoms with Gasteiger partial charge in [-0.25, -0.2) is 20.1 Å². The molecule has 1 aromatic carbocycles. The number of aliphatic hydroxyl groups excluding tert-OH is 1. The summed E-state index contributed by atoms with van der Waals surface area (Å²) in [6, 6.07) is 9.86. The quantitative estimate of drug-likeness (QED) is 0.502. The van der Waals surface area contributed by atoms with Crippen molar-refractivity contribution >= 4 is 27.3 Å². The van der Waals surface area contributed by atoms with E-state index in [-0.39, 0.29) is 18.4 Å². The Bertz CT molecular complexity index is 1130. The number of nitrogens with two attached hydrogens (primary N) is 1. The molecule has 0 saturated heterocycles. The molecular formula is C19H24N6O4S. The number of benzene rings is 1. The van der Waals surface area contributed by atoms with E-state index < -0.39 is 16.4 Å². The Kier molecular flexibility index (Phi) is 5.69. The number of nitrogens with zero attached hydrogens (tertiary/aromatic N) is 4. The lowest BCUT2D eigenvalue weighted by atomic mass is 10.1. The molecule has 1 aliphatic rings. The number of hydrogen-bond donors (Lipinski definition) is 3. The third-order valence-corrected chi connectivity index (χ3v) is 5.91. The van der Waals surface area contributed by atoms with Crippen LogP contribution in [-0.4, -0.2) is 52.3 Å². The molecule has 0 aliphatic heterocycles. The number of nitrogens with one attached hydrogen (secondary N) is 1. The summed E-state index contributed by atoms with van der Waals surface area (Å²) in [7, 11) is -2.10. The first kappa shape index (κ1) is 20.7. The molecule has 0 spiro atoms. The SMILES string of the molecule is Cn1c(-c2ccccc2)nc2c(NC[C@@H]3C[C@@H](COS(N)(=O)=O)[C@@H](O)C3)ncnc21. The summed E-state index contributed by atoms with van der Waals surface area (Å²) < 4.78 is 28.5. The van der Waals surface area contributed by atoms with E-state index in [0.29, 0.717) is 30.7 Å². The number of rotatable bonds is 7. The summed E-state index contributed by atoms with van der Waals surface area (Å²) >= 11 is 0. The number of aromatic nitrogens is 4. The largest absolute Gasteiger partial charge is 0.393 e.